The van der Waals surface area contributed by atoms with Gasteiger partial charge in [0.15, 0.2) is 11.6 Å². The van der Waals surface area contributed by atoms with Crippen LogP contribution in [0.3, 0.4) is 0 Å². The second-order valence-corrected chi connectivity index (χ2v) is 7.58. The molecule has 0 radical (unpaired) electrons. The topological polar surface area (TPSA) is 107 Å². The number of allylic oxidation sites excluding steroid dienone is 2. The van der Waals surface area contributed by atoms with Crippen LogP contribution in [0, 0.1) is 5.82 Å². The molecule has 0 atom stereocenters. The molecule has 1 aliphatic heterocycles. The van der Waals surface area contributed by atoms with Crippen molar-refractivity contribution in [3.8, 4) is 11.6 Å². The number of nitrogens with zero attached hydrogens (tertiary/aromatic N) is 3. The molecule has 0 bridgehead atoms. The molecule has 180 valence electrons. The zero-order valence-corrected chi connectivity index (χ0v) is 18.1. The Bertz CT molecular complexity index is 1320. The second-order valence-electron chi connectivity index (χ2n) is 7.58. The van der Waals surface area contributed by atoms with Gasteiger partial charge in [-0.3, -0.25) is 4.79 Å². The van der Waals surface area contributed by atoms with Crippen molar-refractivity contribution < 1.29 is 27.1 Å². The molecular weight excluding hydrogens is 466 g/mol. The average Bonchev–Trinajstić information content (AvgIpc) is 3.14. The lowest BCUT2D eigenvalue weighted by Gasteiger charge is -2.16. The molecule has 2 heterocycles. The number of nitrogens with two attached hydrogens (primary N) is 2. The van der Waals surface area contributed by atoms with Crippen molar-refractivity contribution in [2.45, 2.75) is 19.3 Å². The Kier molecular flexibility index (Phi) is 6.41. The van der Waals surface area contributed by atoms with Gasteiger partial charge in [0, 0.05) is 12.7 Å². The molecule has 11 heteroatoms. The number of ether oxygens (including phenoxy) is 1. The Morgan fingerprint density at radius 2 is 1.86 bits per heavy atom. The zero-order chi connectivity index (χ0) is 25.2. The smallest absolute Gasteiger partial charge is 0.416 e. The normalized spacial score (nSPS) is 14.0. The number of aromatic nitrogens is 2. The van der Waals surface area contributed by atoms with Crippen LogP contribution < -0.4 is 16.2 Å². The van der Waals surface area contributed by atoms with Crippen LogP contribution in [-0.4, -0.2) is 20.8 Å². The minimum absolute atomic E-state index is 0.0323. The van der Waals surface area contributed by atoms with Crippen molar-refractivity contribution in [1.29, 1.82) is 0 Å². The minimum atomic E-state index is -4.70. The number of carbonyl (C=O) groups is 1. The maximum atomic E-state index is 14.3. The van der Waals surface area contributed by atoms with E-state index in [-0.39, 0.29) is 24.5 Å². The Balaban J connectivity index is 1.53. The highest BCUT2D eigenvalue weighted by Crippen LogP contribution is 2.35. The summed E-state index contributed by atoms with van der Waals surface area (Å²) in [5.41, 5.74) is 12.7. The summed E-state index contributed by atoms with van der Waals surface area (Å²) in [5.74, 6) is -2.40. The van der Waals surface area contributed by atoms with Gasteiger partial charge in [-0.1, -0.05) is 24.3 Å². The molecule has 4 N–H and O–H groups in total. The highest BCUT2D eigenvalue weighted by molar-refractivity contribution is 5.99. The lowest BCUT2D eigenvalue weighted by Crippen LogP contribution is -2.23. The van der Waals surface area contributed by atoms with Gasteiger partial charge in [-0.15, -0.1) is 0 Å². The van der Waals surface area contributed by atoms with Gasteiger partial charge in [0.2, 0.25) is 5.88 Å². The van der Waals surface area contributed by atoms with Gasteiger partial charge in [-0.05, 0) is 47.2 Å². The van der Waals surface area contributed by atoms with Gasteiger partial charge in [0.25, 0.3) is 5.91 Å². The predicted octanol–water partition coefficient (Wildman–Crippen LogP) is 4.35. The van der Waals surface area contributed by atoms with E-state index in [1.54, 1.807) is 6.08 Å². The van der Waals surface area contributed by atoms with Crippen molar-refractivity contribution in [1.82, 2.24) is 14.9 Å². The molecule has 1 aromatic heterocycles. The molecule has 2 aromatic carbocycles. The van der Waals surface area contributed by atoms with Crippen LogP contribution in [0.15, 0.2) is 67.3 Å². The van der Waals surface area contributed by atoms with E-state index in [9.17, 15) is 22.4 Å². The third-order valence-electron chi connectivity index (χ3n) is 5.31. The fourth-order valence-corrected chi connectivity index (χ4v) is 3.59. The monoisotopic (exact) mass is 485 g/mol. The fraction of sp³-hybridized carbons (Fsp3) is 0.125. The lowest BCUT2D eigenvalue weighted by molar-refractivity contribution is -0.137. The van der Waals surface area contributed by atoms with Crippen LogP contribution in [0.5, 0.6) is 11.6 Å². The summed E-state index contributed by atoms with van der Waals surface area (Å²) in [6.45, 7) is 0.409. The average molecular weight is 485 g/mol. The van der Waals surface area contributed by atoms with Gasteiger partial charge in [-0.25, -0.2) is 14.4 Å². The van der Waals surface area contributed by atoms with E-state index < -0.39 is 29.2 Å². The molecule has 0 saturated carbocycles. The first-order valence-electron chi connectivity index (χ1n) is 10.3. The molecule has 0 spiro atoms. The van der Waals surface area contributed by atoms with Crippen molar-refractivity contribution in [2.75, 3.05) is 0 Å². The summed E-state index contributed by atoms with van der Waals surface area (Å²) in [7, 11) is 0. The van der Waals surface area contributed by atoms with E-state index in [2.05, 4.69) is 9.97 Å². The molecule has 3 aromatic rings. The molecule has 0 unspecified atom stereocenters. The Labute approximate surface area is 197 Å². The van der Waals surface area contributed by atoms with E-state index >= 15 is 0 Å². The number of carbonyl (C=O) groups excluding carboxylic acids is 1. The number of alkyl halides is 3. The largest absolute Gasteiger partial charge is 0.435 e. The number of amides is 1. The van der Waals surface area contributed by atoms with Crippen molar-refractivity contribution in [3.63, 3.8) is 0 Å². The highest BCUT2D eigenvalue weighted by Gasteiger charge is 2.34. The van der Waals surface area contributed by atoms with Gasteiger partial charge < -0.3 is 21.1 Å². The summed E-state index contributed by atoms with van der Waals surface area (Å²) >= 11 is 0. The standard InChI is InChI=1S/C24H19F4N5O2/c25-18-9-17(24(26,27)28)5-6-20(18)35-22-21-19(31-13-32-22)12-33(23(21)34)11-14-1-3-15(4-2-14)16(10-30)7-8-29/h1-10,13H,11-12,29-30H2/b8-7-,16-10+. The number of fused-ring (bicyclic) bond motifs is 1. The first-order valence-corrected chi connectivity index (χ1v) is 10.3. The minimum Gasteiger partial charge on any atom is -0.435 e. The van der Waals surface area contributed by atoms with Gasteiger partial charge in [0.05, 0.1) is 17.8 Å². The SMILES string of the molecule is N/C=C\C(=C/N)c1ccc(CN2Cc3ncnc(Oc4ccc(C(F)(F)F)cc4F)c3C2=O)cc1. The Hall–Kier alpha value is -4.41. The number of hydrogen-bond acceptors (Lipinski definition) is 6. The first kappa shape index (κ1) is 23.7. The maximum absolute atomic E-state index is 14.3. The van der Waals surface area contributed by atoms with Crippen molar-refractivity contribution >= 4 is 11.5 Å². The van der Waals surface area contributed by atoms with Crippen LogP contribution in [0.25, 0.3) is 5.57 Å². The van der Waals surface area contributed by atoms with Crippen LogP contribution >= 0.6 is 0 Å². The molecule has 4 rings (SSSR count). The molecule has 1 amide bonds. The molecule has 0 fully saturated rings. The van der Waals surface area contributed by atoms with Crippen LogP contribution in [0.2, 0.25) is 0 Å². The number of hydrogen-bond donors (Lipinski definition) is 2. The molecular formula is C24H19F4N5O2. The number of benzene rings is 2. The molecule has 1 aliphatic rings. The summed E-state index contributed by atoms with van der Waals surface area (Å²) in [4.78, 5) is 22.6. The molecule has 0 saturated heterocycles. The van der Waals surface area contributed by atoms with E-state index in [0.717, 1.165) is 29.1 Å². The second kappa shape index (κ2) is 9.45. The first-order chi connectivity index (χ1) is 16.7. The molecule has 0 aliphatic carbocycles. The quantitative estimate of drug-likeness (QED) is 0.397. The zero-order valence-electron chi connectivity index (χ0n) is 18.1. The van der Waals surface area contributed by atoms with Gasteiger partial charge in [-0.2, -0.15) is 13.2 Å². The van der Waals surface area contributed by atoms with E-state index in [0.29, 0.717) is 17.8 Å². The van der Waals surface area contributed by atoms with E-state index in [1.807, 2.05) is 24.3 Å². The summed E-state index contributed by atoms with van der Waals surface area (Å²) in [6, 6.07) is 9.19. The van der Waals surface area contributed by atoms with E-state index in [1.165, 1.54) is 17.3 Å². The van der Waals surface area contributed by atoms with Crippen molar-refractivity contribution in [3.05, 3.63) is 101 Å². The van der Waals surface area contributed by atoms with Gasteiger partial charge in [0.1, 0.15) is 11.9 Å². The predicted molar refractivity (Wildman–Crippen MR) is 119 cm³/mol. The molecule has 7 nitrogen and oxygen atoms in total. The Morgan fingerprint density at radius 1 is 1.11 bits per heavy atom. The third-order valence-corrected chi connectivity index (χ3v) is 5.31. The lowest BCUT2D eigenvalue weighted by atomic mass is 10.0. The van der Waals surface area contributed by atoms with E-state index in [4.69, 9.17) is 16.2 Å². The van der Waals surface area contributed by atoms with Crippen LogP contribution in [0.4, 0.5) is 17.6 Å². The fourth-order valence-electron chi connectivity index (χ4n) is 3.59. The third kappa shape index (κ3) is 4.93. The highest BCUT2D eigenvalue weighted by atomic mass is 19.4. The maximum Gasteiger partial charge on any atom is 0.416 e. The molecule has 35 heavy (non-hydrogen) atoms. The van der Waals surface area contributed by atoms with Crippen LogP contribution in [-0.2, 0) is 19.3 Å². The Morgan fingerprint density at radius 3 is 2.49 bits per heavy atom. The summed E-state index contributed by atoms with van der Waals surface area (Å²) < 4.78 is 58.0. The number of rotatable bonds is 6. The summed E-state index contributed by atoms with van der Waals surface area (Å²) in [5, 5.41) is 0. The van der Waals surface area contributed by atoms with Gasteiger partial charge >= 0.3 is 6.18 Å². The summed E-state index contributed by atoms with van der Waals surface area (Å²) in [6.07, 6.45) is 0.916. The number of halogens is 4. The van der Waals surface area contributed by atoms with Crippen molar-refractivity contribution in [2.24, 2.45) is 11.5 Å². The van der Waals surface area contributed by atoms with Crippen LogP contribution in [0.1, 0.15) is 32.7 Å².